The molecule has 1 aliphatic heterocycles. The minimum absolute atomic E-state index is 0.210. The summed E-state index contributed by atoms with van der Waals surface area (Å²) in [5, 5.41) is 3.43. The Labute approximate surface area is 143 Å². The molecule has 0 amide bonds. The number of halogens is 1. The fraction of sp³-hybridized carbons (Fsp3) is 0.300. The van der Waals surface area contributed by atoms with Gasteiger partial charge < -0.3 is 5.32 Å². The van der Waals surface area contributed by atoms with E-state index in [1.165, 1.54) is 6.20 Å². The van der Waals surface area contributed by atoms with E-state index in [4.69, 9.17) is 0 Å². The maximum atomic E-state index is 14.5. The summed E-state index contributed by atoms with van der Waals surface area (Å²) in [7, 11) is 0. The van der Waals surface area contributed by atoms with Gasteiger partial charge in [-0.3, -0.25) is 9.98 Å². The van der Waals surface area contributed by atoms with Crippen molar-refractivity contribution < 1.29 is 4.39 Å². The van der Waals surface area contributed by atoms with E-state index in [1.807, 2.05) is 32.1 Å². The van der Waals surface area contributed by atoms with Crippen LogP contribution in [0.1, 0.15) is 27.2 Å². The van der Waals surface area contributed by atoms with Gasteiger partial charge in [-0.25, -0.2) is 4.39 Å². The maximum Gasteiger partial charge on any atom is 0.127 e. The summed E-state index contributed by atoms with van der Waals surface area (Å²) < 4.78 is 14.5. The van der Waals surface area contributed by atoms with Crippen LogP contribution < -0.4 is 5.32 Å². The van der Waals surface area contributed by atoms with Crippen LogP contribution in [0.2, 0.25) is 0 Å². The summed E-state index contributed by atoms with van der Waals surface area (Å²) in [6, 6.07) is 0.246. The van der Waals surface area contributed by atoms with Gasteiger partial charge >= 0.3 is 0 Å². The SMILES string of the molecule is C=C/N=C\C=C1C=C(C2=C(C)/C(=C/C)NC(C)C/N=C\2)C(F)=CC\1. The van der Waals surface area contributed by atoms with Gasteiger partial charge in [-0.1, -0.05) is 12.7 Å². The average molecular weight is 325 g/mol. The van der Waals surface area contributed by atoms with E-state index < -0.39 is 0 Å². The van der Waals surface area contributed by atoms with Crippen molar-refractivity contribution >= 4 is 12.4 Å². The van der Waals surface area contributed by atoms with Crippen LogP contribution in [0.5, 0.6) is 0 Å². The highest BCUT2D eigenvalue weighted by Gasteiger charge is 2.19. The van der Waals surface area contributed by atoms with Gasteiger partial charge in [0.15, 0.2) is 0 Å². The first-order valence-corrected chi connectivity index (χ1v) is 8.12. The lowest BCUT2D eigenvalue weighted by Crippen LogP contribution is -2.30. The number of nitrogens with one attached hydrogen (secondary N) is 1. The molecule has 1 unspecified atom stereocenters. The summed E-state index contributed by atoms with van der Waals surface area (Å²) in [5.74, 6) is -0.210. The molecule has 2 aliphatic rings. The van der Waals surface area contributed by atoms with Crippen molar-refractivity contribution in [2.24, 2.45) is 9.98 Å². The lowest BCUT2D eigenvalue weighted by molar-refractivity contribution is 0.623. The molecule has 1 aliphatic carbocycles. The third-order valence-corrected chi connectivity index (χ3v) is 3.97. The molecule has 0 aromatic rings. The quantitative estimate of drug-likeness (QED) is 0.757. The molecule has 4 heteroatoms. The molecule has 0 fully saturated rings. The molecule has 1 atom stereocenters. The monoisotopic (exact) mass is 325 g/mol. The van der Waals surface area contributed by atoms with Crippen LogP contribution in [0.15, 0.2) is 80.9 Å². The first kappa shape index (κ1) is 17.9. The van der Waals surface area contributed by atoms with Gasteiger partial charge in [-0.05, 0) is 56.6 Å². The third kappa shape index (κ3) is 4.28. The van der Waals surface area contributed by atoms with E-state index in [2.05, 4.69) is 28.8 Å². The van der Waals surface area contributed by atoms with E-state index in [-0.39, 0.29) is 11.9 Å². The van der Waals surface area contributed by atoms with E-state index >= 15 is 0 Å². The zero-order valence-corrected chi connectivity index (χ0v) is 14.5. The number of aliphatic imine (C=N–C) groups is 2. The van der Waals surface area contributed by atoms with Crippen LogP contribution >= 0.6 is 0 Å². The van der Waals surface area contributed by atoms with Crippen LogP contribution in [-0.2, 0) is 0 Å². The second-order valence-electron chi connectivity index (χ2n) is 5.82. The van der Waals surface area contributed by atoms with Crippen molar-refractivity contribution in [2.75, 3.05) is 6.54 Å². The molecule has 24 heavy (non-hydrogen) atoms. The Kier molecular flexibility index (Phi) is 6.24. The second-order valence-corrected chi connectivity index (χ2v) is 5.82. The van der Waals surface area contributed by atoms with Crippen molar-refractivity contribution in [2.45, 2.75) is 33.2 Å². The van der Waals surface area contributed by atoms with Gasteiger partial charge in [0.25, 0.3) is 0 Å². The maximum absolute atomic E-state index is 14.5. The Morgan fingerprint density at radius 3 is 2.96 bits per heavy atom. The third-order valence-electron chi connectivity index (χ3n) is 3.97. The van der Waals surface area contributed by atoms with Crippen molar-refractivity contribution in [1.29, 1.82) is 0 Å². The normalized spacial score (nSPS) is 29.8. The summed E-state index contributed by atoms with van der Waals surface area (Å²) >= 11 is 0. The Bertz CT molecular complexity index is 715. The van der Waals surface area contributed by atoms with Crippen LogP contribution in [0.25, 0.3) is 0 Å². The molecule has 2 rings (SSSR count). The Balaban J connectivity index is 2.48. The van der Waals surface area contributed by atoms with Crippen molar-refractivity contribution in [3.05, 3.63) is 70.9 Å². The zero-order valence-electron chi connectivity index (χ0n) is 14.5. The molecule has 3 nitrogen and oxygen atoms in total. The number of rotatable bonds is 3. The molecular formula is C20H24FN3. The van der Waals surface area contributed by atoms with Gasteiger partial charge in [0, 0.05) is 41.5 Å². The molecule has 0 saturated heterocycles. The first-order valence-electron chi connectivity index (χ1n) is 8.12. The lowest BCUT2D eigenvalue weighted by atomic mass is 9.91. The Morgan fingerprint density at radius 1 is 1.46 bits per heavy atom. The number of hydrogen-bond donors (Lipinski definition) is 1. The fourth-order valence-corrected chi connectivity index (χ4v) is 2.69. The van der Waals surface area contributed by atoms with Gasteiger partial charge in [0.1, 0.15) is 5.83 Å². The smallest absolute Gasteiger partial charge is 0.127 e. The Hall–Kier alpha value is -2.49. The standard InChI is InChI=1S/C20H24FN3/c1-5-20-15(4)18(13-23-12-14(3)24-20)17-11-16(7-8-19(17)21)9-10-22-6-2/h5-6,8-11,13-14,24H,2,7,12H2,1,3-4H3/b16-9+,18-15+,20-5-,22-10-,23-13-. The summed E-state index contributed by atoms with van der Waals surface area (Å²) in [5.41, 5.74) is 4.38. The van der Waals surface area contributed by atoms with Gasteiger partial charge in [-0.2, -0.15) is 0 Å². The van der Waals surface area contributed by atoms with Crippen LogP contribution in [-0.4, -0.2) is 25.0 Å². The highest BCUT2D eigenvalue weighted by Crippen LogP contribution is 2.31. The topological polar surface area (TPSA) is 36.8 Å². The summed E-state index contributed by atoms with van der Waals surface area (Å²) in [4.78, 5) is 8.42. The average Bonchev–Trinajstić information content (AvgIpc) is 2.57. The number of nitrogens with zero attached hydrogens (tertiary/aromatic N) is 2. The van der Waals surface area contributed by atoms with E-state index in [0.29, 0.717) is 18.5 Å². The molecule has 0 radical (unpaired) electrons. The second kappa shape index (κ2) is 8.39. The molecular weight excluding hydrogens is 301 g/mol. The molecule has 1 N–H and O–H groups in total. The van der Waals surface area contributed by atoms with E-state index in [9.17, 15) is 4.39 Å². The summed E-state index contributed by atoms with van der Waals surface area (Å²) in [6.45, 7) is 10.3. The van der Waals surface area contributed by atoms with E-state index in [0.717, 1.165) is 22.4 Å². The van der Waals surface area contributed by atoms with Gasteiger partial charge in [0.05, 0.1) is 6.54 Å². The zero-order chi connectivity index (χ0) is 17.5. The largest absolute Gasteiger partial charge is 0.381 e. The highest BCUT2D eigenvalue weighted by molar-refractivity contribution is 5.89. The molecule has 0 spiro atoms. The predicted molar refractivity (Wildman–Crippen MR) is 101 cm³/mol. The highest BCUT2D eigenvalue weighted by atomic mass is 19.1. The molecule has 0 aromatic carbocycles. The minimum atomic E-state index is -0.210. The fourth-order valence-electron chi connectivity index (χ4n) is 2.69. The predicted octanol–water partition coefficient (Wildman–Crippen LogP) is 4.59. The van der Waals surface area contributed by atoms with Crippen LogP contribution in [0, 0.1) is 0 Å². The minimum Gasteiger partial charge on any atom is -0.381 e. The first-order chi connectivity index (χ1) is 11.6. The lowest BCUT2D eigenvalue weighted by Gasteiger charge is -2.23. The van der Waals surface area contributed by atoms with Crippen molar-refractivity contribution in [1.82, 2.24) is 5.32 Å². The van der Waals surface area contributed by atoms with Crippen LogP contribution in [0.3, 0.4) is 0 Å². The van der Waals surface area contributed by atoms with Gasteiger partial charge in [-0.15, -0.1) is 0 Å². The van der Waals surface area contributed by atoms with Crippen molar-refractivity contribution in [3.8, 4) is 0 Å². The van der Waals surface area contributed by atoms with Crippen molar-refractivity contribution in [3.63, 3.8) is 0 Å². The molecule has 0 bridgehead atoms. The molecule has 126 valence electrons. The molecule has 1 heterocycles. The van der Waals surface area contributed by atoms with Gasteiger partial charge in [0.2, 0.25) is 0 Å². The van der Waals surface area contributed by atoms with Crippen LogP contribution in [0.4, 0.5) is 4.39 Å². The number of hydrogen-bond acceptors (Lipinski definition) is 3. The molecule has 0 aromatic heterocycles. The summed E-state index contributed by atoms with van der Waals surface area (Å²) in [6.07, 6.45) is 12.8. The number of allylic oxidation sites excluding steroid dienone is 9. The Morgan fingerprint density at radius 2 is 2.25 bits per heavy atom. The van der Waals surface area contributed by atoms with E-state index in [1.54, 1.807) is 18.5 Å². The molecule has 0 saturated carbocycles.